The Morgan fingerprint density at radius 1 is 0.447 bits per heavy atom. The molecule has 0 aromatic heterocycles. The zero-order chi connectivity index (χ0) is 50.5. The Labute approximate surface area is 444 Å². The van der Waals surface area contributed by atoms with Gasteiger partial charge in [-0.2, -0.15) is 0 Å². The van der Waals surface area contributed by atoms with E-state index in [4.69, 9.17) is 4.74 Å². The topological polar surface area (TPSA) is 15.7 Å². The van der Waals surface area contributed by atoms with Crippen LogP contribution in [0, 0.1) is 0 Å². The highest BCUT2D eigenvalue weighted by atomic mass is 16.5. The molecule has 1 spiro atoms. The summed E-state index contributed by atoms with van der Waals surface area (Å²) in [7, 11) is 0. The molecule has 0 N–H and O–H groups in total. The van der Waals surface area contributed by atoms with Crippen LogP contribution in [-0.4, -0.2) is 0 Å². The number of nitrogens with zero attached hydrogens (tertiary/aromatic N) is 2. The highest BCUT2D eigenvalue weighted by Gasteiger charge is 2.55. The van der Waals surface area contributed by atoms with E-state index < -0.39 is 10.8 Å². The van der Waals surface area contributed by atoms with E-state index in [0.717, 1.165) is 57.5 Å². The van der Waals surface area contributed by atoms with Gasteiger partial charge in [0.15, 0.2) is 5.75 Å². The molecule has 3 heteroatoms. The van der Waals surface area contributed by atoms with E-state index in [-0.39, 0.29) is 5.41 Å². The summed E-state index contributed by atoms with van der Waals surface area (Å²) in [6.07, 6.45) is 8.07. The molecule has 2 aliphatic heterocycles. The van der Waals surface area contributed by atoms with Crippen molar-refractivity contribution >= 4 is 34.0 Å². The van der Waals surface area contributed by atoms with Crippen LogP contribution in [0.15, 0.2) is 260 Å². The molecule has 2 atom stereocenters. The van der Waals surface area contributed by atoms with Gasteiger partial charge in [0.05, 0.1) is 16.8 Å². The summed E-state index contributed by atoms with van der Waals surface area (Å²) in [5.41, 5.74) is 26.7. The number of ether oxygens (including phenoxy) is 1. The molecule has 4 bridgehead atoms. The maximum Gasteiger partial charge on any atom is 0.156 e. The monoisotopic (exact) mass is 972 g/mol. The first kappa shape index (κ1) is 43.2. The van der Waals surface area contributed by atoms with Crippen LogP contribution in [0.4, 0.5) is 28.4 Å². The number of anilines is 5. The molecule has 0 fully saturated rings. The second kappa shape index (κ2) is 15.7. The molecule has 360 valence electrons. The van der Waals surface area contributed by atoms with Gasteiger partial charge in [0.1, 0.15) is 5.75 Å². The molecular weight excluding hydrogens is 921 g/mol. The Hall–Kier alpha value is -9.18. The fourth-order valence-electron chi connectivity index (χ4n) is 14.5. The molecule has 10 aromatic rings. The van der Waals surface area contributed by atoms with Gasteiger partial charge < -0.3 is 14.5 Å². The van der Waals surface area contributed by atoms with Crippen molar-refractivity contribution in [3.8, 4) is 44.9 Å². The lowest BCUT2D eigenvalue weighted by Gasteiger charge is -2.42. The van der Waals surface area contributed by atoms with E-state index in [2.05, 4.69) is 279 Å². The molecule has 2 heterocycles. The summed E-state index contributed by atoms with van der Waals surface area (Å²) >= 11 is 0. The minimum atomic E-state index is -0.762. The first-order valence-electron chi connectivity index (χ1n) is 26.8. The van der Waals surface area contributed by atoms with E-state index in [1.165, 1.54) is 89.2 Å². The van der Waals surface area contributed by atoms with Gasteiger partial charge >= 0.3 is 0 Å². The van der Waals surface area contributed by atoms with Gasteiger partial charge in [-0.1, -0.05) is 196 Å². The number of para-hydroxylation sites is 3. The number of hydrogen-bond acceptors (Lipinski definition) is 3. The van der Waals surface area contributed by atoms with Crippen LogP contribution in [0.2, 0.25) is 0 Å². The SMILES string of the molecule is CC1(C)c2ccccc2-c2ccc(N(c3ccccc3)c3cccc4c3Oc3ccccc3C43C4=C5C(=CCC=C4)N(c4ccc(-c6ccccc6)cc4)c4ccc6c(c4)C(C)(c4ccc3c5c4)c3ccccc3-6)cc21. The van der Waals surface area contributed by atoms with Crippen molar-refractivity contribution in [2.24, 2.45) is 0 Å². The van der Waals surface area contributed by atoms with Crippen molar-refractivity contribution in [2.45, 2.75) is 43.4 Å². The highest BCUT2D eigenvalue weighted by Crippen LogP contribution is 2.67. The molecule has 0 amide bonds. The van der Waals surface area contributed by atoms with Crippen LogP contribution in [0.1, 0.15) is 77.3 Å². The fraction of sp³-hybridized carbons (Fsp3) is 0.0959. The molecule has 76 heavy (non-hydrogen) atoms. The standard InChI is InChI=1S/C73H52N2O/c1-71(2)58-25-12-10-23-53(58)55-40-38-51(44-64(55)71)75(49-21-8-5-9-22-49)67-31-18-29-63-70(67)76-68-32-17-15-27-61(68)73(63)60-42-35-48-43-57(60)69-62(73)28-14-16-30-66(69)74(50-36-33-47(34-37-50)46-19-6-4-7-20-46)52-39-41-56-54-24-11-13-26-59(54)72(48,3)65(56)45-52/h4-15,17-45H,16H2,1-3H3. The lowest BCUT2D eigenvalue weighted by atomic mass is 9.64. The zero-order valence-electron chi connectivity index (χ0n) is 42.7. The summed E-state index contributed by atoms with van der Waals surface area (Å²) in [4.78, 5) is 4.98. The Kier molecular flexibility index (Phi) is 8.92. The Bertz CT molecular complexity index is 4220. The normalized spacial score (nSPS) is 18.9. The molecule has 16 rings (SSSR count). The number of allylic oxidation sites excluding steroid dienone is 5. The van der Waals surface area contributed by atoms with E-state index in [9.17, 15) is 0 Å². The number of rotatable bonds is 5. The van der Waals surface area contributed by atoms with Crippen molar-refractivity contribution in [2.75, 3.05) is 9.80 Å². The molecule has 0 saturated heterocycles. The summed E-state index contributed by atoms with van der Waals surface area (Å²) < 4.78 is 7.51. The van der Waals surface area contributed by atoms with Crippen molar-refractivity contribution in [1.82, 2.24) is 0 Å². The maximum atomic E-state index is 7.51. The molecule has 4 aliphatic carbocycles. The van der Waals surface area contributed by atoms with E-state index in [1.807, 2.05) is 0 Å². The van der Waals surface area contributed by atoms with E-state index in [0.29, 0.717) is 0 Å². The molecule has 0 saturated carbocycles. The summed E-state index contributed by atoms with van der Waals surface area (Å²) in [6.45, 7) is 7.18. The minimum absolute atomic E-state index is 0.175. The molecule has 3 nitrogen and oxygen atoms in total. The second-order valence-corrected chi connectivity index (χ2v) is 22.0. The predicted octanol–water partition coefficient (Wildman–Crippen LogP) is 18.7. The average molecular weight is 973 g/mol. The quantitative estimate of drug-likeness (QED) is 0.171. The van der Waals surface area contributed by atoms with Crippen LogP contribution < -0.4 is 14.5 Å². The number of benzene rings is 10. The van der Waals surface area contributed by atoms with E-state index >= 15 is 0 Å². The zero-order valence-corrected chi connectivity index (χ0v) is 42.7. The molecule has 10 aromatic carbocycles. The lowest BCUT2D eigenvalue weighted by Crippen LogP contribution is -2.33. The molecule has 0 radical (unpaired) electrons. The summed E-state index contributed by atoms with van der Waals surface area (Å²) in [5, 5.41) is 0. The van der Waals surface area contributed by atoms with Crippen LogP contribution in [0.25, 0.3) is 39.0 Å². The highest BCUT2D eigenvalue weighted by molar-refractivity contribution is 6.02. The Balaban J connectivity index is 0.976. The van der Waals surface area contributed by atoms with Crippen LogP contribution in [-0.2, 0) is 16.2 Å². The van der Waals surface area contributed by atoms with Gasteiger partial charge in [0.2, 0.25) is 0 Å². The molecular formula is C73H52N2O. The first-order chi connectivity index (χ1) is 37.3. The van der Waals surface area contributed by atoms with Crippen molar-refractivity contribution in [3.63, 3.8) is 0 Å². The summed E-state index contributed by atoms with van der Waals surface area (Å²) in [5.74, 6) is 1.71. The van der Waals surface area contributed by atoms with Gasteiger partial charge in [0.25, 0.3) is 0 Å². The first-order valence-corrected chi connectivity index (χ1v) is 26.8. The third-order valence-corrected chi connectivity index (χ3v) is 17.9. The van der Waals surface area contributed by atoms with Gasteiger partial charge in [-0.3, -0.25) is 0 Å². The number of hydrogen-bond donors (Lipinski definition) is 0. The Morgan fingerprint density at radius 2 is 1.09 bits per heavy atom. The van der Waals surface area contributed by atoms with Gasteiger partial charge in [-0.15, -0.1) is 0 Å². The third-order valence-electron chi connectivity index (χ3n) is 17.9. The summed E-state index contributed by atoms with van der Waals surface area (Å²) in [6, 6.07) is 86.2. The van der Waals surface area contributed by atoms with Crippen molar-refractivity contribution in [1.29, 1.82) is 0 Å². The number of fused-ring (bicyclic) bond motifs is 15. The van der Waals surface area contributed by atoms with Gasteiger partial charge in [-0.25, -0.2) is 0 Å². The second-order valence-electron chi connectivity index (χ2n) is 22.0. The van der Waals surface area contributed by atoms with Gasteiger partial charge in [0, 0.05) is 50.3 Å². The average Bonchev–Trinajstić information content (AvgIpc) is 4.13. The van der Waals surface area contributed by atoms with Crippen LogP contribution in [0.3, 0.4) is 0 Å². The van der Waals surface area contributed by atoms with Crippen molar-refractivity contribution in [3.05, 3.63) is 310 Å². The molecule has 2 unspecified atom stereocenters. The molecule has 6 aliphatic rings. The van der Waals surface area contributed by atoms with E-state index in [1.54, 1.807) is 0 Å². The lowest BCUT2D eigenvalue weighted by molar-refractivity contribution is 0.437. The third kappa shape index (κ3) is 5.67. The van der Waals surface area contributed by atoms with Gasteiger partial charge in [-0.05, 0) is 158 Å². The largest absolute Gasteiger partial charge is 0.454 e. The van der Waals surface area contributed by atoms with Crippen LogP contribution >= 0.6 is 0 Å². The Morgan fingerprint density at radius 3 is 1.91 bits per heavy atom. The maximum absolute atomic E-state index is 7.51. The van der Waals surface area contributed by atoms with Crippen molar-refractivity contribution < 1.29 is 4.74 Å². The minimum Gasteiger partial charge on any atom is -0.454 e. The van der Waals surface area contributed by atoms with Crippen LogP contribution in [0.5, 0.6) is 11.5 Å². The smallest absolute Gasteiger partial charge is 0.156 e. The predicted molar refractivity (Wildman–Crippen MR) is 312 cm³/mol. The fourth-order valence-corrected chi connectivity index (χ4v) is 14.5.